The lowest BCUT2D eigenvalue weighted by atomic mass is 9.49. The molecule has 25 heavy (non-hydrogen) atoms. The monoisotopic (exact) mass is 358 g/mol. The Labute approximate surface area is 153 Å². The molecule has 0 radical (unpaired) electrons. The topological polar surface area (TPSA) is 58.2 Å². The molecule has 1 aromatic rings. The van der Waals surface area contributed by atoms with Gasteiger partial charge in [0.2, 0.25) is 5.91 Å². The molecule has 1 aromatic carbocycles. The second-order valence-electron chi connectivity index (χ2n) is 8.33. The second-order valence-corrected chi connectivity index (χ2v) is 9.20. The highest BCUT2D eigenvalue weighted by Gasteiger charge is 2.51. The number of nitrogens with one attached hydrogen (secondary N) is 2. The first-order chi connectivity index (χ1) is 12.0. The second kappa shape index (κ2) is 6.67. The summed E-state index contributed by atoms with van der Waals surface area (Å²) in [5, 5.41) is 0. The molecule has 0 heterocycles. The molecule has 0 atom stereocenters. The number of amides is 2. The van der Waals surface area contributed by atoms with E-state index in [0.717, 1.165) is 22.6 Å². The van der Waals surface area contributed by atoms with Crippen LogP contribution in [0.4, 0.5) is 0 Å². The van der Waals surface area contributed by atoms with Crippen molar-refractivity contribution in [3.8, 4) is 0 Å². The van der Waals surface area contributed by atoms with Gasteiger partial charge in [0.1, 0.15) is 0 Å². The third kappa shape index (κ3) is 3.57. The molecule has 4 saturated carbocycles. The van der Waals surface area contributed by atoms with Crippen LogP contribution in [0.15, 0.2) is 29.2 Å². The van der Waals surface area contributed by atoms with Crippen LogP contribution in [0.1, 0.15) is 55.3 Å². The zero-order chi connectivity index (χ0) is 17.4. The van der Waals surface area contributed by atoms with Gasteiger partial charge in [-0.3, -0.25) is 20.4 Å². The van der Waals surface area contributed by atoms with Crippen molar-refractivity contribution in [1.29, 1.82) is 0 Å². The SMILES string of the molecule is CSc1ccc(C(=O)NNC(=O)CC23CC4CC(CC(C4)C2)C3)cc1. The van der Waals surface area contributed by atoms with Crippen molar-refractivity contribution in [3.63, 3.8) is 0 Å². The van der Waals surface area contributed by atoms with E-state index in [4.69, 9.17) is 0 Å². The molecule has 4 nitrogen and oxygen atoms in total. The van der Waals surface area contributed by atoms with Crippen LogP contribution in [0.5, 0.6) is 0 Å². The van der Waals surface area contributed by atoms with Crippen LogP contribution in [0.3, 0.4) is 0 Å². The van der Waals surface area contributed by atoms with Crippen molar-refractivity contribution in [2.75, 3.05) is 6.26 Å². The van der Waals surface area contributed by atoms with Crippen LogP contribution in [-0.2, 0) is 4.79 Å². The predicted octanol–water partition coefficient (Wildman–Crippen LogP) is 3.78. The summed E-state index contributed by atoms with van der Waals surface area (Å²) in [6.45, 7) is 0. The summed E-state index contributed by atoms with van der Waals surface area (Å²) >= 11 is 1.64. The van der Waals surface area contributed by atoms with Gasteiger partial charge < -0.3 is 0 Å². The predicted molar refractivity (Wildman–Crippen MR) is 99.1 cm³/mol. The molecular weight excluding hydrogens is 332 g/mol. The molecule has 0 aliphatic heterocycles. The first kappa shape index (κ1) is 17.0. The molecule has 134 valence electrons. The minimum absolute atomic E-state index is 0.0453. The van der Waals surface area contributed by atoms with E-state index in [-0.39, 0.29) is 17.2 Å². The van der Waals surface area contributed by atoms with Crippen LogP contribution in [-0.4, -0.2) is 18.1 Å². The van der Waals surface area contributed by atoms with Gasteiger partial charge in [-0.05, 0) is 92.2 Å². The number of carbonyl (C=O) groups excluding carboxylic acids is 2. The average Bonchev–Trinajstić information content (AvgIpc) is 2.58. The lowest BCUT2D eigenvalue weighted by Crippen LogP contribution is -2.50. The molecule has 2 amide bonds. The van der Waals surface area contributed by atoms with Crippen molar-refractivity contribution >= 4 is 23.6 Å². The van der Waals surface area contributed by atoms with E-state index in [1.807, 2.05) is 18.4 Å². The molecule has 4 aliphatic carbocycles. The Bertz CT molecular complexity index is 635. The fourth-order valence-corrected chi connectivity index (χ4v) is 6.24. The molecule has 5 rings (SSSR count). The summed E-state index contributed by atoms with van der Waals surface area (Å²) in [7, 11) is 0. The van der Waals surface area contributed by atoms with Gasteiger partial charge in [0.05, 0.1) is 0 Å². The Kier molecular flexibility index (Phi) is 4.52. The van der Waals surface area contributed by atoms with Crippen molar-refractivity contribution in [2.45, 2.75) is 49.8 Å². The smallest absolute Gasteiger partial charge is 0.269 e. The normalized spacial score (nSPS) is 32.4. The number of benzene rings is 1. The van der Waals surface area contributed by atoms with Gasteiger partial charge in [-0.1, -0.05) is 0 Å². The molecule has 4 bridgehead atoms. The zero-order valence-corrected chi connectivity index (χ0v) is 15.5. The summed E-state index contributed by atoms with van der Waals surface area (Å²) in [4.78, 5) is 25.7. The third-order valence-corrected chi connectivity index (χ3v) is 7.11. The molecule has 4 aliphatic rings. The summed E-state index contributed by atoms with van der Waals surface area (Å²) in [6, 6.07) is 7.40. The first-order valence-electron chi connectivity index (χ1n) is 9.28. The van der Waals surface area contributed by atoms with Crippen LogP contribution in [0.2, 0.25) is 0 Å². The summed E-state index contributed by atoms with van der Waals surface area (Å²) in [6.07, 6.45) is 10.3. The number of carbonyl (C=O) groups is 2. The van der Waals surface area contributed by atoms with Crippen molar-refractivity contribution in [1.82, 2.24) is 10.9 Å². The fourth-order valence-electron chi connectivity index (χ4n) is 5.83. The Hall–Kier alpha value is -1.49. The first-order valence-corrected chi connectivity index (χ1v) is 10.5. The number of thioether (sulfide) groups is 1. The highest BCUT2D eigenvalue weighted by molar-refractivity contribution is 7.98. The van der Waals surface area contributed by atoms with E-state index in [0.29, 0.717) is 12.0 Å². The van der Waals surface area contributed by atoms with Crippen molar-refractivity contribution < 1.29 is 9.59 Å². The van der Waals surface area contributed by atoms with Gasteiger partial charge in [-0.25, -0.2) is 0 Å². The number of hydrazine groups is 1. The lowest BCUT2D eigenvalue weighted by molar-refractivity contribution is -0.130. The van der Waals surface area contributed by atoms with E-state index in [1.54, 1.807) is 23.9 Å². The van der Waals surface area contributed by atoms with Gasteiger partial charge in [0.15, 0.2) is 0 Å². The van der Waals surface area contributed by atoms with Gasteiger partial charge in [-0.2, -0.15) is 0 Å². The van der Waals surface area contributed by atoms with Gasteiger partial charge in [-0.15, -0.1) is 11.8 Å². The van der Waals surface area contributed by atoms with Crippen LogP contribution in [0, 0.1) is 23.2 Å². The van der Waals surface area contributed by atoms with Crippen LogP contribution < -0.4 is 10.9 Å². The van der Waals surface area contributed by atoms with Crippen LogP contribution >= 0.6 is 11.8 Å². The van der Waals surface area contributed by atoms with E-state index in [2.05, 4.69) is 10.9 Å². The Morgan fingerprint density at radius 3 is 2.08 bits per heavy atom. The zero-order valence-electron chi connectivity index (χ0n) is 14.7. The summed E-state index contributed by atoms with van der Waals surface area (Å²) < 4.78 is 0. The molecule has 0 aromatic heterocycles. The van der Waals surface area contributed by atoms with Gasteiger partial charge in [0, 0.05) is 16.9 Å². The van der Waals surface area contributed by atoms with Crippen LogP contribution in [0.25, 0.3) is 0 Å². The molecule has 0 spiro atoms. The largest absolute Gasteiger partial charge is 0.273 e. The Morgan fingerprint density at radius 1 is 1.00 bits per heavy atom. The number of hydrogen-bond donors (Lipinski definition) is 2. The van der Waals surface area contributed by atoms with E-state index in [1.165, 1.54) is 38.5 Å². The minimum Gasteiger partial charge on any atom is -0.273 e. The maximum Gasteiger partial charge on any atom is 0.269 e. The maximum atomic E-state index is 12.4. The lowest BCUT2D eigenvalue weighted by Gasteiger charge is -2.56. The number of rotatable bonds is 4. The van der Waals surface area contributed by atoms with Gasteiger partial charge >= 0.3 is 0 Å². The van der Waals surface area contributed by atoms with E-state index in [9.17, 15) is 9.59 Å². The van der Waals surface area contributed by atoms with Crippen molar-refractivity contribution in [2.24, 2.45) is 23.2 Å². The van der Waals surface area contributed by atoms with Gasteiger partial charge in [0.25, 0.3) is 5.91 Å². The molecular formula is C20H26N2O2S. The summed E-state index contributed by atoms with van der Waals surface area (Å²) in [5.74, 6) is 2.21. The highest BCUT2D eigenvalue weighted by atomic mass is 32.2. The molecule has 5 heteroatoms. The minimum atomic E-state index is -0.258. The van der Waals surface area contributed by atoms with E-state index >= 15 is 0 Å². The highest BCUT2D eigenvalue weighted by Crippen LogP contribution is 2.61. The molecule has 4 fully saturated rings. The third-order valence-electron chi connectivity index (χ3n) is 6.37. The Morgan fingerprint density at radius 2 is 1.56 bits per heavy atom. The quantitative estimate of drug-likeness (QED) is 0.636. The Balaban J connectivity index is 1.31. The van der Waals surface area contributed by atoms with E-state index < -0.39 is 0 Å². The molecule has 2 N–H and O–H groups in total. The van der Waals surface area contributed by atoms with Crippen molar-refractivity contribution in [3.05, 3.63) is 29.8 Å². The average molecular weight is 359 g/mol. The molecule has 0 saturated heterocycles. The summed E-state index contributed by atoms with van der Waals surface area (Å²) in [5.41, 5.74) is 5.98. The molecule has 0 unspecified atom stereocenters. The fraction of sp³-hybridized carbons (Fsp3) is 0.600. The standard InChI is InChI=1S/C20H26N2O2S/c1-25-17-4-2-16(3-5-17)19(24)22-21-18(23)12-20-9-13-6-14(10-20)8-15(7-13)11-20/h2-5,13-15H,6-12H2,1H3,(H,21,23)(H,22,24). The maximum absolute atomic E-state index is 12.4. The number of hydrogen-bond acceptors (Lipinski definition) is 3.